The number of hydrogen-bond acceptors (Lipinski definition) is 25. The Balaban J connectivity index is 1.51. The van der Waals surface area contributed by atoms with Gasteiger partial charge >= 0.3 is 0 Å². The van der Waals surface area contributed by atoms with Crippen LogP contribution in [0.5, 0.6) is 0 Å². The summed E-state index contributed by atoms with van der Waals surface area (Å²) >= 11 is 0. The third kappa shape index (κ3) is 11.6. The number of ether oxygens (including phenoxy) is 9. The van der Waals surface area contributed by atoms with Crippen molar-refractivity contribution in [3.8, 4) is 0 Å². The molecule has 5 unspecified atom stereocenters. The molecule has 5 heterocycles. The number of aliphatic hydroxyl groups excluding tert-OH is 13. The number of amides is 3. The lowest BCUT2D eigenvalue weighted by Crippen LogP contribution is -2.70. The average Bonchev–Trinajstić information content (AvgIpc) is 3.24. The number of carbonyl (C=O) groups excluding carboxylic acids is 3. The van der Waals surface area contributed by atoms with Gasteiger partial charge in [-0.3, -0.25) is 14.4 Å². The fraction of sp³-hybridized carbons (Fsp3) is 0.917. The molecule has 5 saturated heterocycles. The van der Waals surface area contributed by atoms with Crippen LogP contribution in [0.25, 0.3) is 0 Å². The van der Waals surface area contributed by atoms with Gasteiger partial charge in [0.1, 0.15) is 116 Å². The summed E-state index contributed by atoms with van der Waals surface area (Å²) < 4.78 is 52.5. The van der Waals surface area contributed by atoms with Crippen molar-refractivity contribution in [1.29, 1.82) is 0 Å². The van der Waals surface area contributed by atoms with E-state index in [1.165, 1.54) is 6.92 Å². The molecule has 0 spiro atoms. The highest BCUT2D eigenvalue weighted by Gasteiger charge is 2.57. The zero-order valence-electron chi connectivity index (χ0n) is 35.0. The van der Waals surface area contributed by atoms with E-state index in [9.17, 15) is 80.8 Å². The van der Waals surface area contributed by atoms with Crippen molar-refractivity contribution < 1.29 is 123 Å². The second kappa shape index (κ2) is 22.6. The predicted molar refractivity (Wildman–Crippen MR) is 200 cm³/mol. The number of aliphatic hydroxyl groups is 13. The van der Waals surface area contributed by atoms with Crippen molar-refractivity contribution in [1.82, 2.24) is 16.0 Å². The quantitative estimate of drug-likeness (QED) is 0.0725. The van der Waals surface area contributed by atoms with E-state index in [0.717, 1.165) is 20.8 Å². The molecule has 0 aromatic heterocycles. The minimum absolute atomic E-state index is 0.682. The summed E-state index contributed by atoms with van der Waals surface area (Å²) in [4.78, 5) is 36.7. The van der Waals surface area contributed by atoms with E-state index >= 15 is 0 Å². The predicted octanol–water partition coefficient (Wildman–Crippen LogP) is -10.5. The molecule has 28 heteroatoms. The Labute approximate surface area is 364 Å². The zero-order valence-corrected chi connectivity index (χ0v) is 35.0. The van der Waals surface area contributed by atoms with Crippen LogP contribution in [0.3, 0.4) is 0 Å². The van der Waals surface area contributed by atoms with Crippen LogP contribution in [0.2, 0.25) is 0 Å². The molecule has 64 heavy (non-hydrogen) atoms. The van der Waals surface area contributed by atoms with Crippen LogP contribution in [-0.4, -0.2) is 264 Å². The van der Waals surface area contributed by atoms with E-state index in [1.54, 1.807) is 0 Å². The highest BCUT2D eigenvalue weighted by Crippen LogP contribution is 2.36. The molecule has 370 valence electrons. The van der Waals surface area contributed by atoms with Gasteiger partial charge < -0.3 is 125 Å². The summed E-state index contributed by atoms with van der Waals surface area (Å²) in [6.45, 7) is 1.05. The summed E-state index contributed by atoms with van der Waals surface area (Å²) in [5, 5.41) is 147. The standard InChI is InChI=1S/C36H61N3O25/c1-9-20(46)27(53)28(54)35(57-9)64-31-30(63-34-18(38-11(3)44)26(52)22(48)14(6-41)60-34)23(49)15(7-42)61-36(31)62-29-19(39-12(4)45)32(55)58-16(24(29)50)8-56-33-17(37-10(2)43)25(51)21(47)13(5-40)59-33/h9,13-36,40-42,46-55H,5-8H2,1-4H3,(H,37,43)(H,38,44)(H,39,45)/t9-,13+,14+,15+,16+,17+,18+,19+,20+,21+,22-,23-,24-,25+,26+,27+,28-,29+,30-,31+,32?,33?,34?,35?,36?/m0/s1. The van der Waals surface area contributed by atoms with Gasteiger partial charge in [0.05, 0.1) is 32.5 Å². The molecule has 0 aromatic rings. The second-order valence-corrected chi connectivity index (χ2v) is 16.2. The number of rotatable bonds is 15. The number of carbonyl (C=O) groups is 3. The topological polar surface area (TPSA) is 433 Å². The van der Waals surface area contributed by atoms with Crippen LogP contribution < -0.4 is 16.0 Å². The minimum atomic E-state index is -2.07. The van der Waals surface area contributed by atoms with Gasteiger partial charge in [-0.25, -0.2) is 0 Å². The van der Waals surface area contributed by atoms with Crippen molar-refractivity contribution in [2.45, 2.75) is 181 Å². The summed E-state index contributed by atoms with van der Waals surface area (Å²) in [5.41, 5.74) is 0. The van der Waals surface area contributed by atoms with Crippen LogP contribution in [0, 0.1) is 0 Å². The molecule has 28 nitrogen and oxygen atoms in total. The molecule has 5 rings (SSSR count). The van der Waals surface area contributed by atoms with Gasteiger partial charge in [-0.1, -0.05) is 0 Å². The van der Waals surface area contributed by atoms with Gasteiger partial charge in [0, 0.05) is 20.8 Å². The van der Waals surface area contributed by atoms with Gasteiger partial charge in [-0.15, -0.1) is 0 Å². The maximum Gasteiger partial charge on any atom is 0.217 e. The Morgan fingerprint density at radius 1 is 0.438 bits per heavy atom. The molecule has 3 amide bonds. The molecular formula is C36H61N3O25. The Morgan fingerprint density at radius 2 is 0.875 bits per heavy atom. The Kier molecular flexibility index (Phi) is 18.5. The summed E-state index contributed by atoms with van der Waals surface area (Å²) in [7, 11) is 0. The van der Waals surface area contributed by atoms with Crippen LogP contribution in [-0.2, 0) is 57.0 Å². The maximum atomic E-state index is 12.4. The summed E-state index contributed by atoms with van der Waals surface area (Å²) in [6, 6.07) is -4.76. The molecule has 5 aliphatic rings. The average molecular weight is 936 g/mol. The molecule has 0 aromatic carbocycles. The zero-order chi connectivity index (χ0) is 47.5. The normalized spacial score (nSPS) is 47.7. The van der Waals surface area contributed by atoms with Crippen LogP contribution in [0.1, 0.15) is 27.7 Å². The molecule has 0 radical (unpaired) electrons. The van der Waals surface area contributed by atoms with Gasteiger partial charge in [-0.05, 0) is 6.92 Å². The lowest BCUT2D eigenvalue weighted by molar-refractivity contribution is -0.397. The molecular weight excluding hydrogens is 874 g/mol. The van der Waals surface area contributed by atoms with E-state index in [-0.39, 0.29) is 0 Å². The fourth-order valence-corrected chi connectivity index (χ4v) is 8.05. The number of hydrogen-bond donors (Lipinski definition) is 16. The van der Waals surface area contributed by atoms with E-state index in [4.69, 9.17) is 42.6 Å². The van der Waals surface area contributed by atoms with Crippen molar-refractivity contribution in [3.63, 3.8) is 0 Å². The van der Waals surface area contributed by atoms with Gasteiger partial charge in [-0.2, -0.15) is 0 Å². The van der Waals surface area contributed by atoms with Crippen LogP contribution in [0.15, 0.2) is 0 Å². The van der Waals surface area contributed by atoms with E-state index in [2.05, 4.69) is 16.0 Å². The highest BCUT2D eigenvalue weighted by molar-refractivity contribution is 5.74. The highest BCUT2D eigenvalue weighted by atomic mass is 16.8. The first kappa shape index (κ1) is 52.5. The smallest absolute Gasteiger partial charge is 0.217 e. The van der Waals surface area contributed by atoms with E-state index in [0.29, 0.717) is 0 Å². The molecule has 5 fully saturated rings. The Bertz CT molecular complexity index is 1540. The van der Waals surface area contributed by atoms with E-state index in [1.807, 2.05) is 0 Å². The molecule has 16 N–H and O–H groups in total. The van der Waals surface area contributed by atoms with E-state index < -0.39 is 197 Å². The first-order chi connectivity index (χ1) is 30.1. The third-order valence-corrected chi connectivity index (χ3v) is 11.5. The van der Waals surface area contributed by atoms with Crippen molar-refractivity contribution in [2.24, 2.45) is 0 Å². The minimum Gasteiger partial charge on any atom is -0.394 e. The van der Waals surface area contributed by atoms with Gasteiger partial charge in [0.2, 0.25) is 17.7 Å². The molecule has 0 saturated carbocycles. The Hall–Kier alpha value is -2.47. The van der Waals surface area contributed by atoms with Crippen LogP contribution in [0.4, 0.5) is 0 Å². The first-order valence-electron chi connectivity index (χ1n) is 20.4. The largest absolute Gasteiger partial charge is 0.394 e. The summed E-state index contributed by atoms with van der Waals surface area (Å²) in [5.74, 6) is -2.23. The molecule has 25 atom stereocenters. The van der Waals surface area contributed by atoms with Crippen molar-refractivity contribution in [2.75, 3.05) is 26.4 Å². The lowest BCUT2D eigenvalue weighted by atomic mass is 9.94. The SMILES string of the molecule is CC(=O)N[C@H]1C(O[C@H]2[C@@H](O)[C@@H](CO)OC(O[C@H]3[C@@H](O)[C@@H](COC4O[C@H](CO)[C@@H](O)[C@H](O)[C@H]4NC(C)=O)OC(O)[C@@H]3NC(C)=O)[C@@H]2OC2O[C@@H](C)[C@@H](O)[C@@H](O)[C@@H]2O)O[C@H](CO)[C@H](O)[C@@H]1O. The molecule has 0 bridgehead atoms. The van der Waals surface area contributed by atoms with Gasteiger partial charge in [0.25, 0.3) is 0 Å². The summed E-state index contributed by atoms with van der Waals surface area (Å²) in [6.07, 6.45) is -39.5. The number of nitrogens with one attached hydrogen (secondary N) is 3. The monoisotopic (exact) mass is 935 g/mol. The third-order valence-electron chi connectivity index (χ3n) is 11.5. The molecule has 0 aliphatic carbocycles. The molecule has 5 aliphatic heterocycles. The van der Waals surface area contributed by atoms with Crippen molar-refractivity contribution in [3.05, 3.63) is 0 Å². The second-order valence-electron chi connectivity index (χ2n) is 16.2. The van der Waals surface area contributed by atoms with Crippen LogP contribution >= 0.6 is 0 Å². The first-order valence-corrected chi connectivity index (χ1v) is 20.4. The fourth-order valence-electron chi connectivity index (χ4n) is 8.05. The maximum absolute atomic E-state index is 12.4. The van der Waals surface area contributed by atoms with Crippen molar-refractivity contribution >= 4 is 17.7 Å². The lowest BCUT2D eigenvalue weighted by Gasteiger charge is -2.51. The van der Waals surface area contributed by atoms with Gasteiger partial charge in [0.15, 0.2) is 31.5 Å². The Morgan fingerprint density at radius 3 is 1.41 bits per heavy atom.